The second-order valence-corrected chi connectivity index (χ2v) is 7.51. The molecule has 0 bridgehead atoms. The molecule has 4 rings (SSSR count). The fourth-order valence-electron chi connectivity index (χ4n) is 2.71. The number of anilines is 1. The highest BCUT2D eigenvalue weighted by Crippen LogP contribution is 2.22. The molecule has 0 spiro atoms. The summed E-state index contributed by atoms with van der Waals surface area (Å²) in [4.78, 5) is 9.86. The molecule has 0 atom stereocenters. The number of hydrogen-bond acceptors (Lipinski definition) is 3. The number of rotatable bonds is 3. The van der Waals surface area contributed by atoms with Crippen molar-refractivity contribution in [3.05, 3.63) is 95.3 Å². The van der Waals surface area contributed by atoms with Gasteiger partial charge in [0.05, 0.1) is 5.69 Å². The van der Waals surface area contributed by atoms with Crippen molar-refractivity contribution in [3.8, 4) is 17.1 Å². The lowest BCUT2D eigenvalue weighted by atomic mass is 10.2. The summed E-state index contributed by atoms with van der Waals surface area (Å²) in [5.41, 5.74) is 4.20. The second-order valence-electron chi connectivity index (χ2n) is 6.21. The van der Waals surface area contributed by atoms with E-state index < -0.39 is 0 Å². The Labute approximate surface area is 173 Å². The maximum absolute atomic E-state index is 5.40. The van der Waals surface area contributed by atoms with Gasteiger partial charge >= 0.3 is 0 Å². The summed E-state index contributed by atoms with van der Waals surface area (Å²) in [7, 11) is 0. The average Bonchev–Trinajstić information content (AvgIpc) is 3.13. The Morgan fingerprint density at radius 3 is 2.25 bits per heavy atom. The van der Waals surface area contributed by atoms with E-state index in [1.807, 2.05) is 60.7 Å². The summed E-state index contributed by atoms with van der Waals surface area (Å²) < 4.78 is 2.08. The second kappa shape index (κ2) is 8.29. The van der Waals surface area contributed by atoms with Gasteiger partial charge in [0.15, 0.2) is 10.9 Å². The molecule has 3 aromatic carbocycles. The molecule has 1 aromatic heterocycles. The van der Waals surface area contributed by atoms with E-state index in [-0.39, 0.29) is 0 Å². The van der Waals surface area contributed by atoms with Crippen LogP contribution in [0.15, 0.2) is 89.9 Å². The Kier molecular flexibility index (Phi) is 5.41. The van der Waals surface area contributed by atoms with E-state index in [4.69, 9.17) is 17.2 Å². The highest BCUT2D eigenvalue weighted by Gasteiger charge is 2.11. The Morgan fingerprint density at radius 2 is 1.57 bits per heavy atom. The Morgan fingerprint density at radius 1 is 0.929 bits per heavy atom. The first-order chi connectivity index (χ1) is 13.7. The van der Waals surface area contributed by atoms with Crippen LogP contribution in [0, 0.1) is 6.92 Å². The summed E-state index contributed by atoms with van der Waals surface area (Å²) in [6, 6.07) is 28.2. The number of para-hydroxylation sites is 1. The fraction of sp³-hybridized carbons (Fsp3) is 0.0455. The first kappa shape index (κ1) is 18.3. The summed E-state index contributed by atoms with van der Waals surface area (Å²) in [6.45, 7) is 2.08. The van der Waals surface area contributed by atoms with Crippen LogP contribution in [0.2, 0.25) is 0 Å². The normalized spacial score (nSPS) is 11.4. The van der Waals surface area contributed by atoms with E-state index in [0.717, 1.165) is 22.8 Å². The number of benzene rings is 3. The van der Waals surface area contributed by atoms with Gasteiger partial charge in [-0.1, -0.05) is 66.2 Å². The summed E-state index contributed by atoms with van der Waals surface area (Å²) in [6.07, 6.45) is 0. The van der Waals surface area contributed by atoms with Gasteiger partial charge in [0.25, 0.3) is 0 Å². The molecule has 1 heterocycles. The highest BCUT2D eigenvalue weighted by molar-refractivity contribution is 7.80. The van der Waals surface area contributed by atoms with Gasteiger partial charge in [-0.2, -0.15) is 9.98 Å². The van der Waals surface area contributed by atoms with Gasteiger partial charge in [0.2, 0.25) is 4.80 Å². The van der Waals surface area contributed by atoms with Crippen LogP contribution in [0.3, 0.4) is 0 Å². The molecule has 0 unspecified atom stereocenters. The Balaban J connectivity index is 1.74. The molecule has 4 aromatic rings. The van der Waals surface area contributed by atoms with Crippen LogP contribution in [0.4, 0.5) is 5.69 Å². The summed E-state index contributed by atoms with van der Waals surface area (Å²) in [5.74, 6) is 0.843. The Bertz CT molecular complexity index is 1140. The first-order valence-corrected chi connectivity index (χ1v) is 10.0. The van der Waals surface area contributed by atoms with Gasteiger partial charge in [0, 0.05) is 11.3 Å². The van der Waals surface area contributed by atoms with E-state index >= 15 is 0 Å². The minimum absolute atomic E-state index is 0.385. The van der Waals surface area contributed by atoms with Gasteiger partial charge in [-0.25, -0.2) is 3.96 Å². The molecule has 0 saturated heterocycles. The smallest absolute Gasteiger partial charge is 0.230 e. The molecule has 6 heteroatoms. The van der Waals surface area contributed by atoms with Gasteiger partial charge in [-0.3, -0.25) is 0 Å². The standard InChI is InChI=1S/C22H18N4S2/c1-16-12-14-19(15-13-16)26-20(17-8-4-2-5-9-17)24-22(28-26)25-21(27)23-18-10-6-3-7-11-18/h2-15H,1H3,(H,23,27)/b25-22+. The molecule has 0 fully saturated rings. The predicted octanol–water partition coefficient (Wildman–Crippen LogP) is 5.21. The molecule has 1 N–H and O–H groups in total. The molecule has 0 aliphatic carbocycles. The molecule has 0 aliphatic rings. The van der Waals surface area contributed by atoms with E-state index in [1.54, 1.807) is 0 Å². The van der Waals surface area contributed by atoms with Gasteiger partial charge in [0.1, 0.15) is 0 Å². The van der Waals surface area contributed by atoms with Crippen LogP contribution < -0.4 is 10.1 Å². The largest absolute Gasteiger partial charge is 0.331 e. The van der Waals surface area contributed by atoms with Crippen molar-refractivity contribution in [3.63, 3.8) is 0 Å². The van der Waals surface area contributed by atoms with Crippen molar-refractivity contribution in [2.45, 2.75) is 6.92 Å². The van der Waals surface area contributed by atoms with Crippen molar-refractivity contribution < 1.29 is 0 Å². The maximum atomic E-state index is 5.40. The van der Waals surface area contributed by atoms with Crippen LogP contribution in [-0.4, -0.2) is 14.1 Å². The van der Waals surface area contributed by atoms with Crippen LogP contribution in [0.1, 0.15) is 5.56 Å². The molecule has 4 nitrogen and oxygen atoms in total. The number of aromatic nitrogens is 2. The fourth-order valence-corrected chi connectivity index (χ4v) is 3.86. The van der Waals surface area contributed by atoms with E-state index in [2.05, 4.69) is 45.5 Å². The van der Waals surface area contributed by atoms with Gasteiger partial charge in [-0.15, -0.1) is 0 Å². The number of nitrogens with zero attached hydrogens (tertiary/aromatic N) is 3. The zero-order valence-electron chi connectivity index (χ0n) is 15.2. The quantitative estimate of drug-likeness (QED) is 0.479. The molecule has 138 valence electrons. The zero-order valence-corrected chi connectivity index (χ0v) is 16.9. The molecule has 28 heavy (non-hydrogen) atoms. The maximum Gasteiger partial charge on any atom is 0.230 e. The van der Waals surface area contributed by atoms with Crippen LogP contribution >= 0.6 is 23.8 Å². The van der Waals surface area contributed by atoms with E-state index in [0.29, 0.717) is 9.91 Å². The molecule has 0 aliphatic heterocycles. The average molecular weight is 403 g/mol. The van der Waals surface area contributed by atoms with Gasteiger partial charge < -0.3 is 5.32 Å². The highest BCUT2D eigenvalue weighted by atomic mass is 32.1. The molecule has 0 radical (unpaired) electrons. The summed E-state index contributed by atoms with van der Waals surface area (Å²) >= 11 is 6.86. The third-order valence-electron chi connectivity index (χ3n) is 4.09. The van der Waals surface area contributed by atoms with Crippen molar-refractivity contribution in [1.29, 1.82) is 0 Å². The van der Waals surface area contributed by atoms with Crippen molar-refractivity contribution in [1.82, 2.24) is 8.94 Å². The lowest BCUT2D eigenvalue weighted by Crippen LogP contribution is -2.11. The molecular formula is C22H18N4S2. The van der Waals surface area contributed by atoms with Gasteiger partial charge in [-0.05, 0) is 54.9 Å². The van der Waals surface area contributed by atoms with Crippen molar-refractivity contribution in [2.24, 2.45) is 4.99 Å². The molecule has 0 saturated carbocycles. The summed E-state index contributed by atoms with van der Waals surface area (Å²) in [5, 5.41) is 3.51. The minimum atomic E-state index is 0.385. The Hall–Kier alpha value is -3.09. The van der Waals surface area contributed by atoms with Crippen LogP contribution in [0.25, 0.3) is 17.1 Å². The zero-order chi connectivity index (χ0) is 19.3. The number of hydrogen-bond donors (Lipinski definition) is 1. The minimum Gasteiger partial charge on any atom is -0.331 e. The van der Waals surface area contributed by atoms with Crippen molar-refractivity contribution >= 4 is 34.6 Å². The molecule has 0 amide bonds. The van der Waals surface area contributed by atoms with E-state index in [9.17, 15) is 0 Å². The number of aryl methyl sites for hydroxylation is 1. The predicted molar refractivity (Wildman–Crippen MR) is 120 cm³/mol. The lowest BCUT2D eigenvalue weighted by Gasteiger charge is -2.06. The third-order valence-corrected chi connectivity index (χ3v) is 5.20. The topological polar surface area (TPSA) is 42.2 Å². The third kappa shape index (κ3) is 4.24. The van der Waals surface area contributed by atoms with Crippen LogP contribution in [0.5, 0.6) is 0 Å². The SMILES string of the molecule is Cc1ccc(-n2s/c(=N/C(=S)Nc3ccccc3)nc2-c2ccccc2)cc1. The molecular weight excluding hydrogens is 384 g/mol. The van der Waals surface area contributed by atoms with Crippen LogP contribution in [-0.2, 0) is 0 Å². The van der Waals surface area contributed by atoms with Crippen molar-refractivity contribution in [2.75, 3.05) is 5.32 Å². The number of thiocarbonyl (C=S) groups is 1. The first-order valence-electron chi connectivity index (χ1n) is 8.83. The number of nitrogens with one attached hydrogen (secondary N) is 1. The van der Waals surface area contributed by atoms with E-state index in [1.165, 1.54) is 17.1 Å². The lowest BCUT2D eigenvalue weighted by molar-refractivity contribution is 1.13. The monoisotopic (exact) mass is 402 g/mol.